The van der Waals surface area contributed by atoms with Gasteiger partial charge in [0.25, 0.3) is 0 Å². The first-order valence-electron chi connectivity index (χ1n) is 7.83. The lowest BCUT2D eigenvalue weighted by atomic mass is 10.2. The summed E-state index contributed by atoms with van der Waals surface area (Å²) in [6, 6.07) is 17.9. The summed E-state index contributed by atoms with van der Waals surface area (Å²) in [7, 11) is 0. The van der Waals surface area contributed by atoms with Crippen molar-refractivity contribution in [3.05, 3.63) is 64.8 Å². The van der Waals surface area contributed by atoms with Crippen molar-refractivity contribution in [3.8, 4) is 11.3 Å². The van der Waals surface area contributed by atoms with E-state index in [9.17, 15) is 4.79 Å². The average Bonchev–Trinajstić information content (AvgIpc) is 2.99. The Morgan fingerprint density at radius 3 is 2.40 bits per heavy atom. The molecule has 1 N–H and O–H groups in total. The van der Waals surface area contributed by atoms with E-state index in [4.69, 9.17) is 4.99 Å². The van der Waals surface area contributed by atoms with Crippen LogP contribution in [0.4, 0.5) is 11.4 Å². The molecular weight excluding hydrogens is 398 g/mol. The quantitative estimate of drug-likeness (QED) is 0.637. The highest BCUT2D eigenvalue weighted by atomic mass is 79.9. The summed E-state index contributed by atoms with van der Waals surface area (Å²) in [5, 5.41) is 4.90. The Balaban J connectivity index is 0.00000225. The number of nitrogens with zero attached hydrogens (tertiary/aromatic N) is 2. The van der Waals surface area contributed by atoms with Crippen LogP contribution in [-0.4, -0.2) is 10.5 Å². The summed E-state index contributed by atoms with van der Waals surface area (Å²) < 4.78 is 2.21. The maximum Gasteiger partial charge on any atom is 0.221 e. The highest BCUT2D eigenvalue weighted by Gasteiger charge is 2.06. The van der Waals surface area contributed by atoms with Gasteiger partial charge in [0.15, 0.2) is 4.80 Å². The number of carbonyl (C=O) groups excluding carboxylic acids is 1. The van der Waals surface area contributed by atoms with Crippen LogP contribution >= 0.6 is 28.3 Å². The SMILES string of the molecule is Br.CCn1c(-c2ccccc2)csc1=Nc1ccc(NC(C)=O)cc1. The van der Waals surface area contributed by atoms with Gasteiger partial charge in [-0.1, -0.05) is 30.3 Å². The molecule has 0 spiro atoms. The number of rotatable bonds is 4. The summed E-state index contributed by atoms with van der Waals surface area (Å²) in [5.74, 6) is -0.0747. The standard InChI is InChI=1S/C19H19N3OS.BrH/c1-3-22-18(15-7-5-4-6-8-15)13-24-19(22)21-17-11-9-16(10-12-17)20-14(2)23;/h4-13H,3H2,1-2H3,(H,20,23);1H. The minimum absolute atomic E-state index is 0. The normalized spacial score (nSPS) is 11.0. The van der Waals surface area contributed by atoms with E-state index in [-0.39, 0.29) is 22.9 Å². The Labute approximate surface area is 161 Å². The highest BCUT2D eigenvalue weighted by molar-refractivity contribution is 8.93. The number of nitrogens with one attached hydrogen (secondary N) is 1. The van der Waals surface area contributed by atoms with Gasteiger partial charge in [0.1, 0.15) is 0 Å². The molecule has 1 aromatic heterocycles. The third-order valence-corrected chi connectivity index (χ3v) is 4.46. The molecule has 0 saturated carbocycles. The fourth-order valence-electron chi connectivity index (χ4n) is 2.50. The van der Waals surface area contributed by atoms with E-state index in [2.05, 4.69) is 34.3 Å². The van der Waals surface area contributed by atoms with Crippen LogP contribution in [0.25, 0.3) is 11.3 Å². The van der Waals surface area contributed by atoms with Gasteiger partial charge in [-0.3, -0.25) is 4.79 Å². The molecule has 0 fully saturated rings. The lowest BCUT2D eigenvalue weighted by Gasteiger charge is -2.06. The summed E-state index contributed by atoms with van der Waals surface area (Å²) in [4.78, 5) is 16.8. The Morgan fingerprint density at radius 1 is 1.12 bits per heavy atom. The van der Waals surface area contributed by atoms with Crippen molar-refractivity contribution >= 4 is 45.6 Å². The molecule has 4 nitrogen and oxygen atoms in total. The molecule has 0 radical (unpaired) electrons. The van der Waals surface area contributed by atoms with Crippen molar-refractivity contribution in [1.82, 2.24) is 4.57 Å². The van der Waals surface area contributed by atoms with Crippen molar-refractivity contribution in [2.75, 3.05) is 5.32 Å². The van der Waals surface area contributed by atoms with E-state index >= 15 is 0 Å². The monoisotopic (exact) mass is 417 g/mol. The first-order chi connectivity index (χ1) is 11.7. The smallest absolute Gasteiger partial charge is 0.221 e. The second-order valence-electron chi connectivity index (χ2n) is 5.35. The molecule has 25 heavy (non-hydrogen) atoms. The highest BCUT2D eigenvalue weighted by Crippen LogP contribution is 2.21. The van der Waals surface area contributed by atoms with Crippen LogP contribution in [0.15, 0.2) is 65.0 Å². The van der Waals surface area contributed by atoms with Crippen LogP contribution in [0, 0.1) is 0 Å². The second-order valence-corrected chi connectivity index (χ2v) is 6.19. The van der Waals surface area contributed by atoms with Crippen LogP contribution in [-0.2, 0) is 11.3 Å². The number of halogens is 1. The molecule has 1 heterocycles. The largest absolute Gasteiger partial charge is 0.326 e. The van der Waals surface area contributed by atoms with E-state index in [1.807, 2.05) is 42.5 Å². The van der Waals surface area contributed by atoms with Crippen LogP contribution in [0.2, 0.25) is 0 Å². The van der Waals surface area contributed by atoms with E-state index in [1.54, 1.807) is 11.3 Å². The molecule has 0 aliphatic carbocycles. The van der Waals surface area contributed by atoms with Crippen LogP contribution in [0.1, 0.15) is 13.8 Å². The predicted molar refractivity (Wildman–Crippen MR) is 110 cm³/mol. The molecule has 0 aliphatic rings. The first-order valence-corrected chi connectivity index (χ1v) is 8.71. The van der Waals surface area contributed by atoms with Crippen LogP contribution in [0.5, 0.6) is 0 Å². The lowest BCUT2D eigenvalue weighted by molar-refractivity contribution is -0.114. The summed E-state index contributed by atoms with van der Waals surface area (Å²) in [6.45, 7) is 4.48. The summed E-state index contributed by atoms with van der Waals surface area (Å²) >= 11 is 1.63. The zero-order valence-corrected chi connectivity index (χ0v) is 16.6. The molecule has 0 bridgehead atoms. The maximum absolute atomic E-state index is 11.1. The van der Waals surface area contributed by atoms with E-state index in [0.29, 0.717) is 0 Å². The zero-order chi connectivity index (χ0) is 16.9. The Bertz CT molecular complexity index is 898. The molecule has 0 atom stereocenters. The number of amides is 1. The fourth-order valence-corrected chi connectivity index (χ4v) is 3.49. The minimum Gasteiger partial charge on any atom is -0.326 e. The fraction of sp³-hybridized carbons (Fsp3) is 0.158. The maximum atomic E-state index is 11.1. The van der Waals surface area contributed by atoms with Crippen LogP contribution < -0.4 is 10.1 Å². The first kappa shape index (κ1) is 19.1. The molecule has 0 aliphatic heterocycles. The Kier molecular flexibility index (Phi) is 6.73. The molecule has 1 amide bonds. The number of aromatic nitrogens is 1. The van der Waals surface area contributed by atoms with Gasteiger partial charge in [-0.05, 0) is 36.8 Å². The lowest BCUT2D eigenvalue weighted by Crippen LogP contribution is -2.14. The van der Waals surface area contributed by atoms with Crippen LogP contribution in [0.3, 0.4) is 0 Å². The number of anilines is 1. The topological polar surface area (TPSA) is 46.4 Å². The van der Waals surface area contributed by atoms with Crippen molar-refractivity contribution in [3.63, 3.8) is 0 Å². The van der Waals surface area contributed by atoms with Gasteiger partial charge in [-0.15, -0.1) is 28.3 Å². The van der Waals surface area contributed by atoms with E-state index < -0.39 is 0 Å². The van der Waals surface area contributed by atoms with Crippen molar-refractivity contribution in [2.45, 2.75) is 20.4 Å². The number of carbonyl (C=O) groups is 1. The Morgan fingerprint density at radius 2 is 1.80 bits per heavy atom. The van der Waals surface area contributed by atoms with Gasteiger partial charge < -0.3 is 9.88 Å². The Hall–Kier alpha value is -2.18. The van der Waals surface area contributed by atoms with E-state index in [1.165, 1.54) is 18.2 Å². The predicted octanol–water partition coefficient (Wildman–Crippen LogP) is 5.01. The minimum atomic E-state index is -0.0747. The van der Waals surface area contributed by atoms with Gasteiger partial charge in [0, 0.05) is 24.5 Å². The molecule has 2 aromatic carbocycles. The molecule has 0 unspecified atom stereocenters. The van der Waals surface area contributed by atoms with Crippen molar-refractivity contribution in [2.24, 2.45) is 4.99 Å². The number of hydrogen-bond donors (Lipinski definition) is 1. The molecule has 0 saturated heterocycles. The molecule has 130 valence electrons. The number of hydrogen-bond acceptors (Lipinski definition) is 3. The third kappa shape index (κ3) is 4.67. The summed E-state index contributed by atoms with van der Waals surface area (Å²) in [6.07, 6.45) is 0. The van der Waals surface area contributed by atoms with Gasteiger partial charge in [-0.2, -0.15) is 0 Å². The summed E-state index contributed by atoms with van der Waals surface area (Å²) in [5.41, 5.74) is 4.02. The van der Waals surface area contributed by atoms with E-state index in [0.717, 1.165) is 22.7 Å². The molecular formula is C19H20BrN3OS. The van der Waals surface area contributed by atoms with Crippen molar-refractivity contribution in [1.29, 1.82) is 0 Å². The average molecular weight is 418 g/mol. The number of thiazole rings is 1. The number of benzene rings is 2. The van der Waals surface area contributed by atoms with Crippen molar-refractivity contribution < 1.29 is 4.79 Å². The van der Waals surface area contributed by atoms with Gasteiger partial charge in [0.2, 0.25) is 5.91 Å². The molecule has 3 aromatic rings. The molecule has 6 heteroatoms. The zero-order valence-electron chi connectivity index (χ0n) is 14.1. The van der Waals surface area contributed by atoms with Gasteiger partial charge in [-0.25, -0.2) is 4.99 Å². The second kappa shape index (κ2) is 8.78. The third-order valence-electron chi connectivity index (χ3n) is 3.60. The molecule has 3 rings (SSSR count). The van der Waals surface area contributed by atoms with Gasteiger partial charge in [0.05, 0.1) is 11.4 Å². The van der Waals surface area contributed by atoms with Gasteiger partial charge >= 0.3 is 0 Å².